The molecular weight excluding hydrogens is 288 g/mol. The van der Waals surface area contributed by atoms with Crippen molar-refractivity contribution in [3.63, 3.8) is 0 Å². The van der Waals surface area contributed by atoms with Crippen LogP contribution in [0.15, 0.2) is 41.3 Å². The van der Waals surface area contributed by atoms with Gasteiger partial charge < -0.3 is 0 Å². The molecule has 2 aromatic carbocycles. The normalized spacial score (nSPS) is 11.5. The molecule has 0 fully saturated rings. The van der Waals surface area contributed by atoms with Gasteiger partial charge in [0.2, 0.25) is 5.91 Å². The van der Waals surface area contributed by atoms with Crippen molar-refractivity contribution in [2.75, 3.05) is 5.75 Å². The van der Waals surface area contributed by atoms with Gasteiger partial charge in [-0.3, -0.25) is 10.2 Å². The van der Waals surface area contributed by atoms with Crippen molar-refractivity contribution in [3.05, 3.63) is 41.4 Å². The smallest absolute Gasteiger partial charge is 0.249 e. The van der Waals surface area contributed by atoms with Gasteiger partial charge in [0.1, 0.15) is 5.75 Å². The van der Waals surface area contributed by atoms with Crippen LogP contribution in [-0.4, -0.2) is 20.1 Å². The predicted molar refractivity (Wildman–Crippen MR) is 73.3 cm³/mol. The number of amides is 1. The van der Waals surface area contributed by atoms with Gasteiger partial charge in [-0.2, -0.15) is 0 Å². The zero-order valence-electron chi connectivity index (χ0n) is 9.76. The highest BCUT2D eigenvalue weighted by atomic mass is 35.5. The fraction of sp³-hybridized carbons (Fsp3) is 0.0833. The summed E-state index contributed by atoms with van der Waals surface area (Å²) in [4.78, 5) is 11.2. The average molecular weight is 299 g/mol. The molecule has 0 aromatic heterocycles. The molecule has 7 heteroatoms. The van der Waals surface area contributed by atoms with E-state index in [1.807, 2.05) is 0 Å². The number of nitrogens with one attached hydrogen (secondary N) is 1. The van der Waals surface area contributed by atoms with Crippen molar-refractivity contribution in [2.24, 2.45) is 5.84 Å². The van der Waals surface area contributed by atoms with Crippen molar-refractivity contribution < 1.29 is 13.2 Å². The summed E-state index contributed by atoms with van der Waals surface area (Å²) >= 11 is 5.85. The second-order valence-electron chi connectivity index (χ2n) is 3.98. The van der Waals surface area contributed by atoms with Crippen LogP contribution >= 0.6 is 11.6 Å². The van der Waals surface area contributed by atoms with Crippen LogP contribution in [0.4, 0.5) is 0 Å². The fourth-order valence-corrected chi connectivity index (χ4v) is 3.04. The second kappa shape index (κ2) is 5.16. The summed E-state index contributed by atoms with van der Waals surface area (Å²) < 4.78 is 23.9. The molecule has 100 valence electrons. The van der Waals surface area contributed by atoms with Gasteiger partial charge in [-0.25, -0.2) is 14.3 Å². The van der Waals surface area contributed by atoms with Crippen LogP contribution in [0, 0.1) is 0 Å². The van der Waals surface area contributed by atoms with Crippen LogP contribution in [0.2, 0.25) is 5.02 Å². The summed E-state index contributed by atoms with van der Waals surface area (Å²) in [6.45, 7) is 0. The highest BCUT2D eigenvalue weighted by Gasteiger charge is 2.19. The molecule has 0 unspecified atom stereocenters. The minimum Gasteiger partial charge on any atom is -0.293 e. The number of carbonyl (C=O) groups is 1. The Hall–Kier alpha value is -1.63. The molecule has 19 heavy (non-hydrogen) atoms. The lowest BCUT2D eigenvalue weighted by molar-refractivity contribution is -0.118. The summed E-state index contributed by atoms with van der Waals surface area (Å²) in [7, 11) is -3.70. The predicted octanol–water partition coefficient (Wildman–Crippen LogP) is 1.26. The molecule has 2 aromatic rings. The van der Waals surface area contributed by atoms with Gasteiger partial charge in [-0.15, -0.1) is 0 Å². The minimum absolute atomic E-state index is 0.0749. The molecule has 0 spiro atoms. The third kappa shape index (κ3) is 3.04. The van der Waals surface area contributed by atoms with Crippen molar-refractivity contribution >= 4 is 38.1 Å². The Kier molecular flexibility index (Phi) is 3.75. The Bertz CT molecular complexity index is 744. The van der Waals surface area contributed by atoms with Crippen LogP contribution in [-0.2, 0) is 14.6 Å². The molecular formula is C12H11ClN2O3S. The quantitative estimate of drug-likeness (QED) is 0.507. The summed E-state index contributed by atoms with van der Waals surface area (Å²) in [5.41, 5.74) is 1.80. The summed E-state index contributed by atoms with van der Waals surface area (Å²) in [5, 5.41) is 2.14. The van der Waals surface area contributed by atoms with Crippen LogP contribution in [0.5, 0.6) is 0 Å². The molecule has 0 heterocycles. The maximum atomic E-state index is 12.0. The number of rotatable bonds is 3. The van der Waals surface area contributed by atoms with E-state index in [9.17, 15) is 13.2 Å². The first-order valence-electron chi connectivity index (χ1n) is 5.34. The average Bonchev–Trinajstić information content (AvgIpc) is 2.37. The number of sulfone groups is 1. The van der Waals surface area contributed by atoms with Gasteiger partial charge in [-0.1, -0.05) is 23.7 Å². The lowest BCUT2D eigenvalue weighted by Crippen LogP contribution is -2.35. The third-order valence-electron chi connectivity index (χ3n) is 2.61. The Balaban J connectivity index is 2.46. The van der Waals surface area contributed by atoms with Crippen molar-refractivity contribution in [3.8, 4) is 0 Å². The van der Waals surface area contributed by atoms with Gasteiger partial charge in [0, 0.05) is 5.02 Å². The number of halogens is 1. The first kappa shape index (κ1) is 13.8. The standard InChI is InChI=1S/C12H11ClN2O3S/c13-10-3-1-9-6-11(4-2-8(9)5-10)19(17,18)7-12(16)15-14/h1-6H,7,14H2,(H,15,16). The maximum Gasteiger partial charge on any atom is 0.249 e. The van der Waals surface area contributed by atoms with E-state index < -0.39 is 21.5 Å². The molecule has 0 saturated heterocycles. The highest BCUT2D eigenvalue weighted by molar-refractivity contribution is 7.92. The largest absolute Gasteiger partial charge is 0.293 e. The van der Waals surface area contributed by atoms with E-state index in [1.54, 1.807) is 29.7 Å². The molecule has 0 aliphatic rings. The molecule has 0 radical (unpaired) electrons. The second-order valence-corrected chi connectivity index (χ2v) is 6.41. The lowest BCUT2D eigenvalue weighted by Gasteiger charge is -2.05. The van der Waals surface area contributed by atoms with E-state index >= 15 is 0 Å². The number of fused-ring (bicyclic) bond motifs is 1. The van der Waals surface area contributed by atoms with E-state index in [1.165, 1.54) is 12.1 Å². The zero-order valence-corrected chi connectivity index (χ0v) is 11.3. The number of hydrazine groups is 1. The first-order valence-corrected chi connectivity index (χ1v) is 7.37. The van der Waals surface area contributed by atoms with Crippen molar-refractivity contribution in [2.45, 2.75) is 4.90 Å². The number of nitrogens with two attached hydrogens (primary N) is 1. The topological polar surface area (TPSA) is 89.3 Å². The molecule has 1 amide bonds. The van der Waals surface area contributed by atoms with Gasteiger partial charge in [-0.05, 0) is 35.0 Å². The highest BCUT2D eigenvalue weighted by Crippen LogP contribution is 2.23. The fourth-order valence-electron chi connectivity index (χ4n) is 1.69. The van der Waals surface area contributed by atoms with E-state index in [4.69, 9.17) is 17.4 Å². The van der Waals surface area contributed by atoms with Gasteiger partial charge in [0.25, 0.3) is 0 Å². The molecule has 5 nitrogen and oxygen atoms in total. The Labute approximate surface area is 115 Å². The molecule has 0 aliphatic carbocycles. The molecule has 2 rings (SSSR count). The van der Waals surface area contributed by atoms with E-state index in [2.05, 4.69) is 0 Å². The molecule has 0 bridgehead atoms. The molecule has 0 atom stereocenters. The van der Waals surface area contributed by atoms with E-state index in [0.29, 0.717) is 5.02 Å². The van der Waals surface area contributed by atoms with Gasteiger partial charge in [0.15, 0.2) is 9.84 Å². The van der Waals surface area contributed by atoms with E-state index in [-0.39, 0.29) is 4.90 Å². The van der Waals surface area contributed by atoms with Crippen LogP contribution in [0.3, 0.4) is 0 Å². The van der Waals surface area contributed by atoms with Crippen LogP contribution in [0.1, 0.15) is 0 Å². The zero-order chi connectivity index (χ0) is 14.0. The van der Waals surface area contributed by atoms with Crippen LogP contribution < -0.4 is 11.3 Å². The van der Waals surface area contributed by atoms with E-state index in [0.717, 1.165) is 10.8 Å². The summed E-state index contributed by atoms with van der Waals surface area (Å²) in [6.07, 6.45) is 0. The van der Waals surface area contributed by atoms with Gasteiger partial charge in [0.05, 0.1) is 4.90 Å². The Morgan fingerprint density at radius 3 is 2.47 bits per heavy atom. The molecule has 0 aliphatic heterocycles. The summed E-state index contributed by atoms with van der Waals surface area (Å²) in [5.74, 6) is 3.45. The number of benzene rings is 2. The Morgan fingerprint density at radius 2 is 1.79 bits per heavy atom. The molecule has 3 N–H and O–H groups in total. The third-order valence-corrected chi connectivity index (χ3v) is 4.46. The number of hydrogen-bond acceptors (Lipinski definition) is 4. The minimum atomic E-state index is -3.70. The van der Waals surface area contributed by atoms with Crippen molar-refractivity contribution in [1.82, 2.24) is 5.43 Å². The number of carbonyl (C=O) groups excluding carboxylic acids is 1. The monoisotopic (exact) mass is 298 g/mol. The first-order chi connectivity index (χ1) is 8.92. The Morgan fingerprint density at radius 1 is 1.16 bits per heavy atom. The lowest BCUT2D eigenvalue weighted by atomic mass is 10.1. The van der Waals surface area contributed by atoms with Gasteiger partial charge >= 0.3 is 0 Å². The van der Waals surface area contributed by atoms with Crippen LogP contribution in [0.25, 0.3) is 10.8 Å². The van der Waals surface area contributed by atoms with Crippen molar-refractivity contribution in [1.29, 1.82) is 0 Å². The molecule has 0 saturated carbocycles. The summed E-state index contributed by atoms with van der Waals surface area (Å²) in [6, 6.07) is 9.73. The maximum absolute atomic E-state index is 12.0. The number of hydrogen-bond donors (Lipinski definition) is 2. The SMILES string of the molecule is NNC(=O)CS(=O)(=O)c1ccc2cc(Cl)ccc2c1.